The summed E-state index contributed by atoms with van der Waals surface area (Å²) in [5.74, 6) is 1.41. The monoisotopic (exact) mass is 290 g/mol. The van der Waals surface area contributed by atoms with Crippen molar-refractivity contribution in [3.05, 3.63) is 33.4 Å². The first kappa shape index (κ1) is 15.8. The molecule has 1 aliphatic carbocycles. The van der Waals surface area contributed by atoms with Crippen molar-refractivity contribution in [2.24, 2.45) is 11.8 Å². The van der Waals surface area contributed by atoms with Crippen molar-refractivity contribution in [1.29, 1.82) is 0 Å². The number of hydrogen-bond donors (Lipinski definition) is 1. The summed E-state index contributed by atoms with van der Waals surface area (Å²) in [6.45, 7) is 8.46. The molecule has 1 N–H and O–H groups in total. The fourth-order valence-electron chi connectivity index (χ4n) is 3.25. The molecule has 2 rings (SSSR count). The van der Waals surface area contributed by atoms with Crippen LogP contribution in [0.3, 0.4) is 0 Å². The predicted octanol–water partition coefficient (Wildman–Crippen LogP) is 4.84. The molecule has 2 atom stereocenters. The van der Waals surface area contributed by atoms with E-state index >= 15 is 0 Å². The fourth-order valence-corrected chi connectivity index (χ4v) is 3.25. The summed E-state index contributed by atoms with van der Waals surface area (Å²) in [6.07, 6.45) is 4.71. The number of nitro benzene ring substituents is 1. The normalized spacial score (nSPS) is 22.3. The Kier molecular flexibility index (Phi) is 4.86. The number of nitro groups is 1. The highest BCUT2D eigenvalue weighted by Crippen LogP contribution is 2.34. The van der Waals surface area contributed by atoms with Crippen molar-refractivity contribution in [2.45, 2.75) is 59.4 Å². The fraction of sp³-hybridized carbons (Fsp3) is 0.647. The molecule has 116 valence electrons. The molecule has 0 aromatic heterocycles. The zero-order chi connectivity index (χ0) is 15.6. The van der Waals surface area contributed by atoms with E-state index in [4.69, 9.17) is 0 Å². The van der Waals surface area contributed by atoms with Crippen LogP contribution in [0, 0.1) is 35.8 Å². The van der Waals surface area contributed by atoms with Crippen molar-refractivity contribution in [1.82, 2.24) is 0 Å². The molecule has 2 unspecified atom stereocenters. The van der Waals surface area contributed by atoms with Crippen LogP contribution in [0.15, 0.2) is 12.1 Å². The Bertz CT molecular complexity index is 526. The van der Waals surface area contributed by atoms with Gasteiger partial charge in [0.15, 0.2) is 0 Å². The van der Waals surface area contributed by atoms with Gasteiger partial charge in [-0.2, -0.15) is 0 Å². The number of rotatable bonds is 4. The van der Waals surface area contributed by atoms with Crippen molar-refractivity contribution in [3.8, 4) is 0 Å². The maximum Gasteiger partial charge on any atom is 0.292 e. The van der Waals surface area contributed by atoms with Crippen LogP contribution in [-0.2, 0) is 0 Å². The van der Waals surface area contributed by atoms with Crippen molar-refractivity contribution < 1.29 is 4.92 Å². The number of anilines is 1. The molecule has 21 heavy (non-hydrogen) atoms. The summed E-state index contributed by atoms with van der Waals surface area (Å²) in [5.41, 5.74) is 2.94. The van der Waals surface area contributed by atoms with Gasteiger partial charge in [0.1, 0.15) is 5.69 Å². The first-order chi connectivity index (χ1) is 9.88. The summed E-state index contributed by atoms with van der Waals surface area (Å²) < 4.78 is 0. The van der Waals surface area contributed by atoms with Gasteiger partial charge in [-0.05, 0) is 55.7 Å². The lowest BCUT2D eigenvalue weighted by molar-refractivity contribution is -0.384. The molecule has 1 aliphatic rings. The molecular weight excluding hydrogens is 264 g/mol. The highest BCUT2D eigenvalue weighted by Gasteiger charge is 2.26. The van der Waals surface area contributed by atoms with Gasteiger partial charge in [0.2, 0.25) is 0 Å². The summed E-state index contributed by atoms with van der Waals surface area (Å²) in [6, 6.07) is 3.96. The molecule has 0 amide bonds. The van der Waals surface area contributed by atoms with Gasteiger partial charge < -0.3 is 5.32 Å². The summed E-state index contributed by atoms with van der Waals surface area (Å²) in [4.78, 5) is 11.0. The number of aryl methyl sites for hydroxylation is 2. The van der Waals surface area contributed by atoms with Crippen LogP contribution in [0.2, 0.25) is 0 Å². The van der Waals surface area contributed by atoms with E-state index in [1.807, 2.05) is 19.9 Å². The maximum atomic E-state index is 11.3. The van der Waals surface area contributed by atoms with E-state index in [1.54, 1.807) is 6.07 Å². The molecule has 0 heterocycles. The third kappa shape index (κ3) is 3.74. The molecule has 0 radical (unpaired) electrons. The van der Waals surface area contributed by atoms with Crippen LogP contribution in [0.4, 0.5) is 11.4 Å². The number of nitrogens with one attached hydrogen (secondary N) is 1. The standard InChI is InChI=1S/C17H26N2O2/c1-11(2)14-6-5-7-15(10-14)18-16-8-12(3)13(4)9-17(16)19(20)21/h8-9,11,14-15,18H,5-7,10H2,1-4H3. The molecule has 0 spiro atoms. The Morgan fingerprint density at radius 2 is 1.90 bits per heavy atom. The Morgan fingerprint density at radius 3 is 2.52 bits per heavy atom. The molecule has 0 saturated heterocycles. The summed E-state index contributed by atoms with van der Waals surface area (Å²) in [7, 11) is 0. The first-order valence-electron chi connectivity index (χ1n) is 7.90. The van der Waals surface area contributed by atoms with Gasteiger partial charge >= 0.3 is 0 Å². The molecule has 1 saturated carbocycles. The average molecular weight is 290 g/mol. The quantitative estimate of drug-likeness (QED) is 0.637. The third-order valence-corrected chi connectivity index (χ3v) is 4.83. The van der Waals surface area contributed by atoms with Crippen molar-refractivity contribution in [3.63, 3.8) is 0 Å². The van der Waals surface area contributed by atoms with E-state index in [0.29, 0.717) is 17.6 Å². The van der Waals surface area contributed by atoms with Crippen molar-refractivity contribution in [2.75, 3.05) is 5.32 Å². The third-order valence-electron chi connectivity index (χ3n) is 4.83. The Balaban J connectivity index is 2.19. The number of benzene rings is 1. The number of nitrogens with zero attached hydrogens (tertiary/aromatic N) is 1. The average Bonchev–Trinajstić information content (AvgIpc) is 2.42. The topological polar surface area (TPSA) is 55.2 Å². The smallest absolute Gasteiger partial charge is 0.292 e. The molecule has 4 nitrogen and oxygen atoms in total. The second-order valence-electron chi connectivity index (χ2n) is 6.72. The predicted molar refractivity (Wildman–Crippen MR) is 86.8 cm³/mol. The van der Waals surface area contributed by atoms with E-state index in [1.165, 1.54) is 12.8 Å². The lowest BCUT2D eigenvalue weighted by Crippen LogP contribution is -2.29. The van der Waals surface area contributed by atoms with Gasteiger partial charge in [-0.3, -0.25) is 10.1 Å². The van der Waals surface area contributed by atoms with Crippen LogP contribution in [0.5, 0.6) is 0 Å². The minimum absolute atomic E-state index is 0.199. The van der Waals surface area contributed by atoms with Crippen molar-refractivity contribution >= 4 is 11.4 Å². The molecule has 1 fully saturated rings. The minimum atomic E-state index is -0.280. The number of hydrogen-bond acceptors (Lipinski definition) is 3. The molecule has 1 aromatic rings. The van der Waals surface area contributed by atoms with Crippen LogP contribution >= 0.6 is 0 Å². The lowest BCUT2D eigenvalue weighted by atomic mass is 9.79. The van der Waals surface area contributed by atoms with E-state index < -0.39 is 0 Å². The Morgan fingerprint density at radius 1 is 1.24 bits per heavy atom. The van der Waals surface area contributed by atoms with E-state index in [9.17, 15) is 10.1 Å². The molecule has 0 bridgehead atoms. The van der Waals surface area contributed by atoms with E-state index in [-0.39, 0.29) is 10.6 Å². The zero-order valence-electron chi connectivity index (χ0n) is 13.5. The van der Waals surface area contributed by atoms with Gasteiger partial charge in [-0.1, -0.05) is 26.7 Å². The summed E-state index contributed by atoms with van der Waals surface area (Å²) >= 11 is 0. The van der Waals surface area contributed by atoms with Crippen LogP contribution < -0.4 is 5.32 Å². The molecule has 1 aromatic carbocycles. The largest absolute Gasteiger partial charge is 0.377 e. The Hall–Kier alpha value is -1.58. The van der Waals surface area contributed by atoms with Gasteiger partial charge in [-0.15, -0.1) is 0 Å². The van der Waals surface area contributed by atoms with Gasteiger partial charge in [0.05, 0.1) is 4.92 Å². The summed E-state index contributed by atoms with van der Waals surface area (Å²) in [5, 5.41) is 14.7. The van der Waals surface area contributed by atoms with Crippen LogP contribution in [-0.4, -0.2) is 11.0 Å². The molecular formula is C17H26N2O2. The maximum absolute atomic E-state index is 11.3. The van der Waals surface area contributed by atoms with E-state index in [2.05, 4.69) is 19.2 Å². The van der Waals surface area contributed by atoms with Crippen LogP contribution in [0.1, 0.15) is 50.7 Å². The lowest BCUT2D eigenvalue weighted by Gasteiger charge is -2.32. The second-order valence-corrected chi connectivity index (χ2v) is 6.72. The Labute approximate surface area is 127 Å². The highest BCUT2D eigenvalue weighted by molar-refractivity contribution is 5.65. The van der Waals surface area contributed by atoms with Gasteiger partial charge in [0, 0.05) is 12.1 Å². The minimum Gasteiger partial charge on any atom is -0.377 e. The second kappa shape index (κ2) is 6.46. The molecule has 0 aliphatic heterocycles. The molecule has 4 heteroatoms. The van der Waals surface area contributed by atoms with Crippen LogP contribution in [0.25, 0.3) is 0 Å². The van der Waals surface area contributed by atoms with Gasteiger partial charge in [0.25, 0.3) is 5.69 Å². The van der Waals surface area contributed by atoms with Gasteiger partial charge in [-0.25, -0.2) is 0 Å². The highest BCUT2D eigenvalue weighted by atomic mass is 16.6. The SMILES string of the molecule is Cc1cc(NC2CCCC(C(C)C)C2)c([N+](=O)[O-])cc1C. The first-order valence-corrected chi connectivity index (χ1v) is 7.90. The van der Waals surface area contributed by atoms with E-state index in [0.717, 1.165) is 29.9 Å². The zero-order valence-corrected chi connectivity index (χ0v) is 13.5.